The molecule has 0 radical (unpaired) electrons. The Labute approximate surface area is 120 Å². The number of nitrogens with one attached hydrogen (secondary N) is 1. The first kappa shape index (κ1) is 15.0. The average Bonchev–Trinajstić information content (AvgIpc) is 2.87. The molecule has 0 bridgehead atoms. The Kier molecular flexibility index (Phi) is 6.05. The summed E-state index contributed by atoms with van der Waals surface area (Å²) in [4.78, 5) is 0. The van der Waals surface area contributed by atoms with Gasteiger partial charge < -0.3 is 19.4 Å². The van der Waals surface area contributed by atoms with Crippen LogP contribution in [0.3, 0.4) is 0 Å². The van der Waals surface area contributed by atoms with Crippen molar-refractivity contribution in [3.63, 3.8) is 0 Å². The van der Waals surface area contributed by atoms with Crippen LogP contribution >= 0.6 is 0 Å². The van der Waals surface area contributed by atoms with Gasteiger partial charge in [0.25, 0.3) is 0 Å². The summed E-state index contributed by atoms with van der Waals surface area (Å²) < 4.78 is 12.8. The highest BCUT2D eigenvalue weighted by Gasteiger charge is 2.05. The van der Waals surface area contributed by atoms with Crippen LogP contribution in [0.2, 0.25) is 0 Å². The number of hydrogen-bond donors (Lipinski definition) is 1. The van der Waals surface area contributed by atoms with Crippen molar-refractivity contribution >= 4 is 10.9 Å². The molecule has 0 amide bonds. The fraction of sp³-hybridized carbons (Fsp3) is 0.500. The molecule has 0 atom stereocenters. The summed E-state index contributed by atoms with van der Waals surface area (Å²) in [6, 6.07) is 8.65. The van der Waals surface area contributed by atoms with Gasteiger partial charge in [-0.3, -0.25) is 0 Å². The van der Waals surface area contributed by atoms with Gasteiger partial charge in [-0.15, -0.1) is 0 Å². The topological polar surface area (TPSA) is 35.4 Å². The molecule has 0 unspecified atom stereocenters. The Morgan fingerprint density at radius 1 is 1.15 bits per heavy atom. The first-order chi connectivity index (χ1) is 9.86. The van der Waals surface area contributed by atoms with Crippen molar-refractivity contribution in [3.05, 3.63) is 36.0 Å². The average molecular weight is 276 g/mol. The second-order valence-electron chi connectivity index (χ2n) is 4.85. The summed E-state index contributed by atoms with van der Waals surface area (Å²) in [6.07, 6.45) is 3.18. The molecule has 1 aromatic heterocycles. The van der Waals surface area contributed by atoms with Crippen LogP contribution in [-0.2, 0) is 22.6 Å². The van der Waals surface area contributed by atoms with Crippen molar-refractivity contribution in [1.29, 1.82) is 0 Å². The molecular weight excluding hydrogens is 252 g/mol. The summed E-state index contributed by atoms with van der Waals surface area (Å²) in [5.41, 5.74) is 2.68. The first-order valence-corrected chi connectivity index (χ1v) is 7.15. The molecule has 0 fully saturated rings. The zero-order valence-corrected chi connectivity index (χ0v) is 12.4. The van der Waals surface area contributed by atoms with Gasteiger partial charge in [-0.05, 0) is 30.5 Å². The normalized spacial score (nSPS) is 11.3. The lowest BCUT2D eigenvalue weighted by molar-refractivity contribution is 0.0681. The molecule has 0 aliphatic heterocycles. The quantitative estimate of drug-likeness (QED) is 0.714. The Morgan fingerprint density at radius 2 is 2.05 bits per heavy atom. The number of hydrogen-bond acceptors (Lipinski definition) is 3. The van der Waals surface area contributed by atoms with Crippen LogP contribution in [-0.4, -0.2) is 38.5 Å². The Balaban J connectivity index is 1.96. The van der Waals surface area contributed by atoms with Crippen molar-refractivity contribution < 1.29 is 9.47 Å². The van der Waals surface area contributed by atoms with E-state index in [1.807, 2.05) is 7.05 Å². The lowest BCUT2D eigenvalue weighted by Crippen LogP contribution is -2.09. The molecule has 4 heteroatoms. The van der Waals surface area contributed by atoms with Crippen molar-refractivity contribution in [2.45, 2.75) is 19.5 Å². The maximum absolute atomic E-state index is 5.51. The van der Waals surface area contributed by atoms with E-state index in [0.29, 0.717) is 13.2 Å². The monoisotopic (exact) mass is 276 g/mol. The maximum atomic E-state index is 5.51. The van der Waals surface area contributed by atoms with Crippen molar-refractivity contribution in [1.82, 2.24) is 9.88 Å². The summed E-state index contributed by atoms with van der Waals surface area (Å²) in [7, 11) is 3.67. The van der Waals surface area contributed by atoms with Gasteiger partial charge in [-0.1, -0.05) is 18.2 Å². The van der Waals surface area contributed by atoms with Gasteiger partial charge in [-0.25, -0.2) is 0 Å². The van der Waals surface area contributed by atoms with Crippen LogP contribution in [0.5, 0.6) is 0 Å². The number of fused-ring (bicyclic) bond motifs is 1. The van der Waals surface area contributed by atoms with Crippen molar-refractivity contribution in [2.75, 3.05) is 34.0 Å². The van der Waals surface area contributed by atoms with Gasteiger partial charge in [0.2, 0.25) is 0 Å². The van der Waals surface area contributed by atoms with E-state index in [9.17, 15) is 0 Å². The molecule has 0 saturated carbocycles. The summed E-state index contributed by atoms with van der Waals surface area (Å²) in [5.74, 6) is 0. The number of ether oxygens (including phenoxy) is 2. The second kappa shape index (κ2) is 8.04. The largest absolute Gasteiger partial charge is 0.382 e. The van der Waals surface area contributed by atoms with E-state index in [2.05, 4.69) is 40.3 Å². The molecule has 20 heavy (non-hydrogen) atoms. The fourth-order valence-electron chi connectivity index (χ4n) is 2.44. The molecule has 0 saturated heterocycles. The van der Waals surface area contributed by atoms with Crippen LogP contribution in [0.15, 0.2) is 30.5 Å². The zero-order chi connectivity index (χ0) is 14.2. The summed E-state index contributed by atoms with van der Waals surface area (Å²) in [6.45, 7) is 3.99. The third-order valence-corrected chi connectivity index (χ3v) is 3.36. The highest BCUT2D eigenvalue weighted by Crippen LogP contribution is 2.20. The van der Waals surface area contributed by atoms with E-state index in [1.54, 1.807) is 7.11 Å². The minimum atomic E-state index is 0.665. The maximum Gasteiger partial charge on any atom is 0.0700 e. The number of methoxy groups -OCH3 is 1. The minimum absolute atomic E-state index is 0.665. The Morgan fingerprint density at radius 3 is 2.85 bits per heavy atom. The molecule has 1 aromatic carbocycles. The molecule has 4 nitrogen and oxygen atoms in total. The second-order valence-corrected chi connectivity index (χ2v) is 4.85. The van der Waals surface area contributed by atoms with Gasteiger partial charge in [0.15, 0.2) is 0 Å². The number of rotatable bonds is 9. The van der Waals surface area contributed by atoms with E-state index < -0.39 is 0 Å². The van der Waals surface area contributed by atoms with Gasteiger partial charge in [0.05, 0.1) is 18.7 Å². The van der Waals surface area contributed by atoms with Crippen LogP contribution < -0.4 is 5.32 Å². The molecule has 0 spiro atoms. The molecular formula is C16H24N2O2. The van der Waals surface area contributed by atoms with Gasteiger partial charge in [0, 0.05) is 33.0 Å². The number of benzene rings is 1. The van der Waals surface area contributed by atoms with Crippen LogP contribution in [0.25, 0.3) is 10.9 Å². The smallest absolute Gasteiger partial charge is 0.0700 e. The number of nitrogens with zero attached hydrogens (tertiary/aromatic N) is 1. The fourth-order valence-corrected chi connectivity index (χ4v) is 2.44. The highest BCUT2D eigenvalue weighted by molar-refractivity contribution is 5.83. The number of aromatic nitrogens is 1. The lowest BCUT2D eigenvalue weighted by atomic mass is 10.1. The first-order valence-electron chi connectivity index (χ1n) is 7.15. The van der Waals surface area contributed by atoms with Gasteiger partial charge in [0.1, 0.15) is 0 Å². The predicted molar refractivity (Wildman–Crippen MR) is 82.0 cm³/mol. The third-order valence-electron chi connectivity index (χ3n) is 3.36. The van der Waals surface area contributed by atoms with Crippen molar-refractivity contribution in [3.8, 4) is 0 Å². The standard InChI is InChI=1S/C16H24N2O2/c1-17-13-15-6-3-5-14-7-9-18(16(14)15)8-4-10-20-12-11-19-2/h3,5-7,9,17H,4,8,10-13H2,1-2H3. The molecule has 1 heterocycles. The van der Waals surface area contributed by atoms with E-state index in [1.165, 1.54) is 16.5 Å². The van der Waals surface area contributed by atoms with E-state index in [4.69, 9.17) is 9.47 Å². The molecule has 110 valence electrons. The van der Waals surface area contributed by atoms with Crippen LogP contribution in [0.1, 0.15) is 12.0 Å². The molecule has 0 aliphatic rings. The summed E-state index contributed by atoms with van der Waals surface area (Å²) in [5, 5.41) is 4.54. The van der Waals surface area contributed by atoms with Crippen LogP contribution in [0.4, 0.5) is 0 Å². The van der Waals surface area contributed by atoms with Gasteiger partial charge in [-0.2, -0.15) is 0 Å². The van der Waals surface area contributed by atoms with Crippen molar-refractivity contribution in [2.24, 2.45) is 0 Å². The highest BCUT2D eigenvalue weighted by atomic mass is 16.5. The predicted octanol–water partition coefficient (Wildman–Crippen LogP) is 2.41. The van der Waals surface area contributed by atoms with E-state index >= 15 is 0 Å². The summed E-state index contributed by atoms with van der Waals surface area (Å²) >= 11 is 0. The SMILES string of the molecule is CNCc1cccc2ccn(CCCOCCOC)c12. The van der Waals surface area contributed by atoms with Crippen LogP contribution in [0, 0.1) is 0 Å². The lowest BCUT2D eigenvalue weighted by Gasteiger charge is -2.10. The minimum Gasteiger partial charge on any atom is -0.382 e. The molecule has 0 aliphatic carbocycles. The molecule has 1 N–H and O–H groups in total. The Bertz CT molecular complexity index is 522. The zero-order valence-electron chi connectivity index (χ0n) is 12.4. The number of aryl methyl sites for hydroxylation is 1. The van der Waals surface area contributed by atoms with E-state index in [0.717, 1.165) is 26.1 Å². The van der Waals surface area contributed by atoms with Gasteiger partial charge >= 0.3 is 0 Å². The number of para-hydroxylation sites is 1. The third kappa shape index (κ3) is 3.82. The molecule has 2 aromatic rings. The Hall–Kier alpha value is -1.36. The molecule has 2 rings (SSSR count). The van der Waals surface area contributed by atoms with E-state index in [-0.39, 0.29) is 0 Å².